The minimum absolute atomic E-state index is 0.0589. The van der Waals surface area contributed by atoms with Crippen molar-refractivity contribution in [3.05, 3.63) is 71.5 Å². The van der Waals surface area contributed by atoms with Crippen molar-refractivity contribution < 1.29 is 9.18 Å². The summed E-state index contributed by atoms with van der Waals surface area (Å²) in [6.07, 6.45) is 0.719. The van der Waals surface area contributed by atoms with Crippen molar-refractivity contribution in [1.29, 1.82) is 0 Å². The predicted molar refractivity (Wildman–Crippen MR) is 101 cm³/mol. The second kappa shape index (κ2) is 9.46. The maximum absolute atomic E-state index is 12.9. The van der Waals surface area contributed by atoms with Crippen LogP contribution in [0.2, 0.25) is 0 Å². The van der Waals surface area contributed by atoms with Crippen LogP contribution in [0.25, 0.3) is 0 Å². The van der Waals surface area contributed by atoms with Crippen molar-refractivity contribution in [2.45, 2.75) is 13.0 Å². The highest BCUT2D eigenvalue weighted by atomic mass is 19.1. The summed E-state index contributed by atoms with van der Waals surface area (Å²) in [6, 6.07) is 16.9. The molecular weight excluding hydrogens is 329 g/mol. The third kappa shape index (κ3) is 5.93. The molecule has 26 heavy (non-hydrogen) atoms. The summed E-state index contributed by atoms with van der Waals surface area (Å²) in [4.78, 5) is 16.7. The van der Waals surface area contributed by atoms with Crippen molar-refractivity contribution in [1.82, 2.24) is 15.1 Å². The van der Waals surface area contributed by atoms with Crippen LogP contribution in [0, 0.1) is 5.82 Å². The van der Waals surface area contributed by atoms with Crippen molar-refractivity contribution in [2.75, 3.05) is 39.3 Å². The van der Waals surface area contributed by atoms with E-state index < -0.39 is 0 Å². The lowest BCUT2D eigenvalue weighted by Gasteiger charge is -2.34. The Balaban J connectivity index is 1.32. The van der Waals surface area contributed by atoms with Crippen LogP contribution in [-0.4, -0.2) is 55.0 Å². The van der Waals surface area contributed by atoms with Gasteiger partial charge in [0.25, 0.3) is 0 Å². The van der Waals surface area contributed by atoms with Gasteiger partial charge in [0.1, 0.15) is 5.82 Å². The van der Waals surface area contributed by atoms with Crippen LogP contribution in [0.1, 0.15) is 11.1 Å². The van der Waals surface area contributed by atoms with Crippen molar-refractivity contribution >= 4 is 5.91 Å². The highest BCUT2D eigenvalue weighted by Gasteiger charge is 2.18. The van der Waals surface area contributed by atoms with Gasteiger partial charge >= 0.3 is 0 Å². The molecule has 0 saturated carbocycles. The summed E-state index contributed by atoms with van der Waals surface area (Å²) in [7, 11) is 0. The number of carbonyl (C=O) groups excluding carboxylic acids is 1. The fourth-order valence-electron chi connectivity index (χ4n) is 3.20. The summed E-state index contributed by atoms with van der Waals surface area (Å²) in [5, 5.41) is 2.96. The Morgan fingerprint density at radius 3 is 2.23 bits per heavy atom. The molecule has 138 valence electrons. The van der Waals surface area contributed by atoms with E-state index in [1.54, 1.807) is 12.1 Å². The van der Waals surface area contributed by atoms with Crippen LogP contribution in [0.4, 0.5) is 4.39 Å². The monoisotopic (exact) mass is 355 g/mol. The number of hydrogen-bond donors (Lipinski definition) is 1. The lowest BCUT2D eigenvalue weighted by Crippen LogP contribution is -2.49. The van der Waals surface area contributed by atoms with Gasteiger partial charge in [-0.25, -0.2) is 4.39 Å². The number of nitrogens with zero attached hydrogens (tertiary/aromatic N) is 2. The third-order valence-electron chi connectivity index (χ3n) is 4.73. The molecular formula is C21H26FN3O. The highest BCUT2D eigenvalue weighted by Crippen LogP contribution is 2.08. The van der Waals surface area contributed by atoms with Gasteiger partial charge in [-0.1, -0.05) is 42.5 Å². The number of amides is 1. The molecule has 1 heterocycles. The van der Waals surface area contributed by atoms with Crippen molar-refractivity contribution in [3.8, 4) is 0 Å². The SMILES string of the molecule is O=C(CN1CCN(Cc2ccccc2)CC1)NCCc1ccc(F)cc1. The molecule has 0 aromatic heterocycles. The summed E-state index contributed by atoms with van der Waals surface area (Å²) in [6.45, 7) is 5.80. The van der Waals surface area contributed by atoms with E-state index in [0.717, 1.165) is 44.7 Å². The minimum Gasteiger partial charge on any atom is -0.355 e. The van der Waals surface area contributed by atoms with Crippen LogP contribution in [0.15, 0.2) is 54.6 Å². The average molecular weight is 355 g/mol. The molecule has 4 nitrogen and oxygen atoms in total. The topological polar surface area (TPSA) is 35.6 Å². The Labute approximate surface area is 154 Å². The van der Waals surface area contributed by atoms with Gasteiger partial charge in [-0.3, -0.25) is 14.6 Å². The first kappa shape index (κ1) is 18.5. The van der Waals surface area contributed by atoms with Gasteiger partial charge < -0.3 is 5.32 Å². The van der Waals surface area contributed by atoms with Gasteiger partial charge in [-0.2, -0.15) is 0 Å². The predicted octanol–water partition coefficient (Wildman–Crippen LogP) is 2.30. The number of piperazine rings is 1. The average Bonchev–Trinajstić information content (AvgIpc) is 2.66. The van der Waals surface area contributed by atoms with Crippen LogP contribution in [-0.2, 0) is 17.8 Å². The Morgan fingerprint density at radius 1 is 0.885 bits per heavy atom. The molecule has 2 aromatic rings. The molecule has 1 aliphatic heterocycles. The number of halogens is 1. The standard InChI is InChI=1S/C21H26FN3O/c22-20-8-6-18(7-9-20)10-11-23-21(26)17-25-14-12-24(13-15-25)16-19-4-2-1-3-5-19/h1-9H,10-17H2,(H,23,26). The zero-order valence-electron chi connectivity index (χ0n) is 15.0. The molecule has 1 saturated heterocycles. The zero-order chi connectivity index (χ0) is 18.2. The van der Waals surface area contributed by atoms with Gasteiger partial charge in [-0.05, 0) is 29.7 Å². The van der Waals surface area contributed by atoms with Crippen molar-refractivity contribution in [2.24, 2.45) is 0 Å². The third-order valence-corrected chi connectivity index (χ3v) is 4.73. The number of rotatable bonds is 7. The molecule has 0 aliphatic carbocycles. The molecule has 1 fully saturated rings. The maximum atomic E-state index is 12.9. The molecule has 2 aromatic carbocycles. The molecule has 1 N–H and O–H groups in total. The van der Waals surface area contributed by atoms with Crippen LogP contribution in [0.3, 0.4) is 0 Å². The molecule has 0 radical (unpaired) electrons. The maximum Gasteiger partial charge on any atom is 0.234 e. The number of carbonyl (C=O) groups is 1. The van der Waals surface area contributed by atoms with Crippen LogP contribution in [0.5, 0.6) is 0 Å². The van der Waals surface area contributed by atoms with E-state index in [0.29, 0.717) is 13.1 Å². The van der Waals surface area contributed by atoms with Crippen LogP contribution < -0.4 is 5.32 Å². The Hall–Kier alpha value is -2.24. The molecule has 1 aliphatic rings. The van der Waals surface area contributed by atoms with Gasteiger partial charge in [0, 0.05) is 39.3 Å². The smallest absolute Gasteiger partial charge is 0.234 e. The van der Waals surface area contributed by atoms with E-state index in [2.05, 4.69) is 39.4 Å². The first-order valence-corrected chi connectivity index (χ1v) is 9.19. The number of nitrogens with one attached hydrogen (secondary N) is 1. The molecule has 0 bridgehead atoms. The molecule has 0 spiro atoms. The van der Waals surface area contributed by atoms with E-state index in [-0.39, 0.29) is 11.7 Å². The quantitative estimate of drug-likeness (QED) is 0.828. The second-order valence-corrected chi connectivity index (χ2v) is 6.76. The normalized spacial score (nSPS) is 15.7. The van der Waals surface area contributed by atoms with E-state index in [1.807, 2.05) is 6.07 Å². The van der Waals surface area contributed by atoms with Crippen LogP contribution >= 0.6 is 0 Å². The molecule has 3 rings (SSSR count). The van der Waals surface area contributed by atoms with E-state index in [1.165, 1.54) is 17.7 Å². The summed E-state index contributed by atoms with van der Waals surface area (Å²) in [5.74, 6) is -0.173. The molecule has 5 heteroatoms. The summed E-state index contributed by atoms with van der Waals surface area (Å²) >= 11 is 0. The Bertz CT molecular complexity index is 682. The lowest BCUT2D eigenvalue weighted by molar-refractivity contribution is -0.122. The Kier molecular flexibility index (Phi) is 6.75. The lowest BCUT2D eigenvalue weighted by atomic mass is 10.1. The van der Waals surface area contributed by atoms with Crippen molar-refractivity contribution in [3.63, 3.8) is 0 Å². The largest absolute Gasteiger partial charge is 0.355 e. The number of benzene rings is 2. The first-order valence-electron chi connectivity index (χ1n) is 9.19. The number of hydrogen-bond acceptors (Lipinski definition) is 3. The molecule has 1 amide bonds. The second-order valence-electron chi connectivity index (χ2n) is 6.76. The summed E-state index contributed by atoms with van der Waals surface area (Å²) in [5.41, 5.74) is 2.36. The van der Waals surface area contributed by atoms with E-state index in [4.69, 9.17) is 0 Å². The molecule has 0 atom stereocenters. The first-order chi connectivity index (χ1) is 12.7. The fourth-order valence-corrected chi connectivity index (χ4v) is 3.20. The van der Waals surface area contributed by atoms with E-state index >= 15 is 0 Å². The molecule has 0 unspecified atom stereocenters. The van der Waals surface area contributed by atoms with Gasteiger partial charge in [0.15, 0.2) is 0 Å². The zero-order valence-corrected chi connectivity index (χ0v) is 15.0. The van der Waals surface area contributed by atoms with Gasteiger partial charge in [0.05, 0.1) is 6.54 Å². The Morgan fingerprint density at radius 2 is 1.54 bits per heavy atom. The van der Waals surface area contributed by atoms with Gasteiger partial charge in [0.2, 0.25) is 5.91 Å². The minimum atomic E-state index is -0.232. The van der Waals surface area contributed by atoms with Gasteiger partial charge in [-0.15, -0.1) is 0 Å². The van der Waals surface area contributed by atoms with E-state index in [9.17, 15) is 9.18 Å². The summed E-state index contributed by atoms with van der Waals surface area (Å²) < 4.78 is 12.9. The highest BCUT2D eigenvalue weighted by molar-refractivity contribution is 5.78. The fraction of sp³-hybridized carbons (Fsp3) is 0.381.